The fraction of sp³-hybridized carbons (Fsp3) is 0.450. The van der Waals surface area contributed by atoms with Gasteiger partial charge in [-0.25, -0.2) is 8.42 Å². The van der Waals surface area contributed by atoms with Crippen molar-refractivity contribution in [2.75, 3.05) is 19.0 Å². The average molecular weight is 406 g/mol. The van der Waals surface area contributed by atoms with Gasteiger partial charge in [-0.15, -0.1) is 0 Å². The second-order valence-electron chi connectivity index (χ2n) is 7.07. The number of anilines is 1. The van der Waals surface area contributed by atoms with E-state index in [2.05, 4.69) is 5.32 Å². The molecule has 8 heteroatoms. The lowest BCUT2D eigenvalue weighted by Crippen LogP contribution is -2.35. The molecule has 28 heavy (non-hydrogen) atoms. The molecule has 1 aliphatic rings. The number of carbonyl (C=O) groups is 1. The summed E-state index contributed by atoms with van der Waals surface area (Å²) in [6.45, 7) is 1.84. The number of aryl methyl sites for hydroxylation is 1. The summed E-state index contributed by atoms with van der Waals surface area (Å²) in [6.07, 6.45) is 5.49. The van der Waals surface area contributed by atoms with Gasteiger partial charge in [0.05, 0.1) is 13.2 Å². The number of hydrogen-bond donors (Lipinski definition) is 1. The Hall–Kier alpha value is -2.32. The van der Waals surface area contributed by atoms with Gasteiger partial charge in [-0.05, 0) is 43.2 Å². The van der Waals surface area contributed by atoms with Crippen LogP contribution in [0, 0.1) is 0 Å². The zero-order chi connectivity index (χ0) is 20.3. The van der Waals surface area contributed by atoms with Gasteiger partial charge in [0.25, 0.3) is 0 Å². The molecule has 1 atom stereocenters. The van der Waals surface area contributed by atoms with E-state index in [9.17, 15) is 13.2 Å². The number of methoxy groups -OCH3 is 1. The van der Waals surface area contributed by atoms with Gasteiger partial charge in [-0.3, -0.25) is 4.79 Å². The molecule has 1 fully saturated rings. The number of rotatable bonds is 5. The highest BCUT2D eigenvalue weighted by Gasteiger charge is 2.36. The Morgan fingerprint density at radius 3 is 2.64 bits per heavy atom. The summed E-state index contributed by atoms with van der Waals surface area (Å²) in [6, 6.07) is 8.36. The van der Waals surface area contributed by atoms with Crippen LogP contribution in [-0.2, 0) is 21.9 Å². The van der Waals surface area contributed by atoms with E-state index in [4.69, 9.17) is 4.74 Å². The van der Waals surface area contributed by atoms with E-state index >= 15 is 0 Å². The Labute approximate surface area is 166 Å². The number of sulfonamides is 1. The van der Waals surface area contributed by atoms with Gasteiger partial charge in [-0.2, -0.15) is 4.31 Å². The number of aromatic nitrogens is 1. The highest BCUT2D eigenvalue weighted by molar-refractivity contribution is 7.89. The van der Waals surface area contributed by atoms with Crippen LogP contribution in [0.3, 0.4) is 0 Å². The normalized spacial score (nSPS) is 18.5. The van der Waals surface area contributed by atoms with Crippen molar-refractivity contribution in [3.63, 3.8) is 0 Å². The molecule has 1 aromatic carbocycles. The summed E-state index contributed by atoms with van der Waals surface area (Å²) in [4.78, 5) is 11.5. The van der Waals surface area contributed by atoms with Crippen molar-refractivity contribution < 1.29 is 17.9 Å². The highest BCUT2D eigenvalue weighted by Crippen LogP contribution is 2.38. The molecule has 0 bridgehead atoms. The number of nitrogens with zero attached hydrogens (tertiary/aromatic N) is 2. The van der Waals surface area contributed by atoms with Gasteiger partial charge in [0.15, 0.2) is 0 Å². The zero-order valence-corrected chi connectivity index (χ0v) is 17.3. The van der Waals surface area contributed by atoms with E-state index < -0.39 is 10.0 Å². The fourth-order valence-electron chi connectivity index (χ4n) is 3.77. The lowest BCUT2D eigenvalue weighted by atomic mass is 10.1. The van der Waals surface area contributed by atoms with Crippen LogP contribution in [0.2, 0.25) is 0 Å². The molecular weight excluding hydrogens is 378 g/mol. The van der Waals surface area contributed by atoms with Crippen molar-refractivity contribution in [2.45, 2.75) is 43.5 Å². The Morgan fingerprint density at radius 1 is 1.21 bits per heavy atom. The number of nitrogens with one attached hydrogen (secondary N) is 1. The summed E-state index contributed by atoms with van der Waals surface area (Å²) in [5, 5.41) is 2.65. The van der Waals surface area contributed by atoms with Crippen LogP contribution >= 0.6 is 0 Å². The molecule has 152 valence electrons. The van der Waals surface area contributed by atoms with Gasteiger partial charge in [0.2, 0.25) is 15.9 Å². The number of ether oxygens (including phenoxy) is 1. The number of benzene rings is 1. The molecule has 0 aliphatic carbocycles. The van der Waals surface area contributed by atoms with Crippen LogP contribution in [0.4, 0.5) is 5.69 Å². The van der Waals surface area contributed by atoms with Crippen molar-refractivity contribution in [3.05, 3.63) is 42.2 Å². The Kier molecular flexibility index (Phi) is 6.10. The molecule has 7 nitrogen and oxygen atoms in total. The smallest absolute Gasteiger partial charge is 0.247 e. The lowest BCUT2D eigenvalue weighted by molar-refractivity contribution is -0.114. The topological polar surface area (TPSA) is 80.6 Å². The van der Waals surface area contributed by atoms with E-state index in [-0.39, 0.29) is 22.6 Å². The first-order valence-corrected chi connectivity index (χ1v) is 10.9. The van der Waals surface area contributed by atoms with Crippen LogP contribution in [0.5, 0.6) is 5.75 Å². The van der Waals surface area contributed by atoms with Crippen LogP contribution in [0.15, 0.2) is 41.4 Å². The molecule has 1 N–H and O–H groups in total. The van der Waals surface area contributed by atoms with E-state index in [1.165, 1.54) is 20.1 Å². The quantitative estimate of drug-likeness (QED) is 0.828. The van der Waals surface area contributed by atoms with Crippen LogP contribution in [0.1, 0.15) is 44.3 Å². The standard InChI is InChI=1S/C20H27N3O4S/c1-15(24)21-16-10-11-19(27-3)20(14-16)28(25,26)23-13-6-4-5-8-18(23)17-9-7-12-22(17)2/h7,9-12,14,18H,4-6,8,13H2,1-3H3,(H,21,24)/t18-/m1/s1. The zero-order valence-electron chi connectivity index (χ0n) is 16.5. The molecule has 1 saturated heterocycles. The molecule has 2 aromatic rings. The average Bonchev–Trinajstić information content (AvgIpc) is 2.92. The predicted molar refractivity (Wildman–Crippen MR) is 108 cm³/mol. The van der Waals surface area contributed by atoms with Gasteiger partial charge in [-0.1, -0.05) is 12.8 Å². The maximum Gasteiger partial charge on any atom is 0.247 e. The summed E-state index contributed by atoms with van der Waals surface area (Å²) < 4.78 is 36.3. The first-order valence-electron chi connectivity index (χ1n) is 9.43. The molecule has 1 aromatic heterocycles. The van der Waals surface area contributed by atoms with Crippen molar-refractivity contribution in [3.8, 4) is 5.75 Å². The third-order valence-electron chi connectivity index (χ3n) is 5.10. The van der Waals surface area contributed by atoms with E-state index in [1.807, 2.05) is 29.9 Å². The van der Waals surface area contributed by atoms with E-state index in [1.54, 1.807) is 16.4 Å². The van der Waals surface area contributed by atoms with Crippen molar-refractivity contribution in [1.29, 1.82) is 0 Å². The van der Waals surface area contributed by atoms with Gasteiger partial charge < -0.3 is 14.6 Å². The van der Waals surface area contributed by atoms with Gasteiger partial charge >= 0.3 is 0 Å². The maximum atomic E-state index is 13.7. The molecule has 0 saturated carbocycles. The summed E-state index contributed by atoms with van der Waals surface area (Å²) in [5.41, 5.74) is 1.40. The largest absolute Gasteiger partial charge is 0.495 e. The third kappa shape index (κ3) is 4.07. The highest BCUT2D eigenvalue weighted by atomic mass is 32.2. The van der Waals surface area contributed by atoms with Gasteiger partial charge in [0.1, 0.15) is 10.6 Å². The molecule has 0 radical (unpaired) electrons. The van der Waals surface area contributed by atoms with Crippen molar-refractivity contribution in [2.24, 2.45) is 7.05 Å². The van der Waals surface area contributed by atoms with Crippen molar-refractivity contribution in [1.82, 2.24) is 8.87 Å². The molecule has 1 aliphatic heterocycles. The summed E-state index contributed by atoms with van der Waals surface area (Å²) >= 11 is 0. The van der Waals surface area contributed by atoms with Crippen LogP contribution in [0.25, 0.3) is 0 Å². The number of amides is 1. The molecule has 3 rings (SSSR count). The predicted octanol–water partition coefficient (Wildman–Crippen LogP) is 3.30. The first-order chi connectivity index (χ1) is 13.3. The van der Waals surface area contributed by atoms with Gasteiger partial charge in [0, 0.05) is 38.1 Å². The monoisotopic (exact) mass is 405 g/mol. The minimum Gasteiger partial charge on any atom is -0.495 e. The number of carbonyl (C=O) groups excluding carboxylic acids is 1. The Balaban J connectivity index is 2.08. The Morgan fingerprint density at radius 2 is 2.00 bits per heavy atom. The van der Waals surface area contributed by atoms with E-state index in [0.717, 1.165) is 31.4 Å². The third-order valence-corrected chi connectivity index (χ3v) is 7.03. The van der Waals surface area contributed by atoms with E-state index in [0.29, 0.717) is 12.2 Å². The van der Waals surface area contributed by atoms with Crippen LogP contribution in [-0.4, -0.2) is 36.9 Å². The fourth-order valence-corrected chi connectivity index (χ4v) is 5.62. The second kappa shape index (κ2) is 8.36. The molecular formula is C20H27N3O4S. The summed E-state index contributed by atoms with van der Waals surface area (Å²) in [5.74, 6) is 0.00829. The maximum absolute atomic E-state index is 13.7. The summed E-state index contributed by atoms with van der Waals surface area (Å²) in [7, 11) is -0.453. The van der Waals surface area contributed by atoms with Crippen LogP contribution < -0.4 is 10.1 Å². The minimum absolute atomic E-state index is 0.0716. The molecule has 1 amide bonds. The minimum atomic E-state index is -3.83. The molecule has 0 spiro atoms. The van der Waals surface area contributed by atoms with Crippen molar-refractivity contribution >= 4 is 21.6 Å². The SMILES string of the molecule is COc1ccc(NC(C)=O)cc1S(=O)(=O)N1CCCCC[C@@H]1c1cccn1C. The first kappa shape index (κ1) is 20.4. The Bertz CT molecular complexity index is 952. The molecule has 2 heterocycles. The molecule has 0 unspecified atom stereocenters. The lowest BCUT2D eigenvalue weighted by Gasteiger charge is -2.30. The number of hydrogen-bond acceptors (Lipinski definition) is 4. The second-order valence-corrected chi connectivity index (χ2v) is 8.93.